The van der Waals surface area contributed by atoms with Crippen molar-refractivity contribution in [3.8, 4) is 17.2 Å². The molecule has 8 atom stereocenters. The Hall–Kier alpha value is -3.11. The fourth-order valence-electron chi connectivity index (χ4n) is 4.14. The zero-order valence-electron chi connectivity index (χ0n) is 20.5. The molecule has 0 saturated carbocycles. The highest BCUT2D eigenvalue weighted by Gasteiger charge is 2.53. The number of hydrogen-bond acceptors (Lipinski definition) is 13. The highest BCUT2D eigenvalue weighted by atomic mass is 16.8. The van der Waals surface area contributed by atoms with Crippen LogP contribution in [0.2, 0.25) is 0 Å². The molecule has 0 spiro atoms. The number of phenolic OH excluding ortho intramolecular Hbond substituents is 2. The molecule has 4 rings (SSSR count). The molecule has 0 amide bonds. The van der Waals surface area contributed by atoms with Gasteiger partial charge in [0.25, 0.3) is 0 Å². The van der Waals surface area contributed by atoms with E-state index < -0.39 is 74.3 Å². The summed E-state index contributed by atoms with van der Waals surface area (Å²) < 4.78 is 22.2. The van der Waals surface area contributed by atoms with Crippen LogP contribution in [0, 0.1) is 0 Å². The van der Waals surface area contributed by atoms with Gasteiger partial charge in [0.05, 0.1) is 25.4 Å². The zero-order valence-corrected chi connectivity index (χ0v) is 20.5. The van der Waals surface area contributed by atoms with Gasteiger partial charge in [0.2, 0.25) is 6.29 Å². The van der Waals surface area contributed by atoms with E-state index in [9.17, 15) is 45.6 Å². The molecule has 2 fully saturated rings. The first-order valence-corrected chi connectivity index (χ1v) is 12.0. The van der Waals surface area contributed by atoms with Gasteiger partial charge in [-0.05, 0) is 35.9 Å². The Morgan fingerprint density at radius 2 is 1.74 bits per heavy atom. The summed E-state index contributed by atoms with van der Waals surface area (Å²) in [4.78, 5) is 12.4. The van der Waals surface area contributed by atoms with E-state index in [2.05, 4.69) is 0 Å². The fraction of sp³-hybridized carbons (Fsp3) is 0.423. The highest BCUT2D eigenvalue weighted by Crippen LogP contribution is 2.32. The van der Waals surface area contributed by atoms with Gasteiger partial charge in [-0.25, -0.2) is 0 Å². The molecule has 2 aromatic carbocycles. The molecule has 0 unspecified atom stereocenters. The van der Waals surface area contributed by atoms with Gasteiger partial charge in [0.15, 0.2) is 18.2 Å². The zero-order chi connectivity index (χ0) is 28.3. The summed E-state index contributed by atoms with van der Waals surface area (Å²) in [6.07, 6.45) is -7.74. The van der Waals surface area contributed by atoms with Crippen LogP contribution < -0.4 is 4.74 Å². The number of carbonyl (C=O) groups is 1. The van der Waals surface area contributed by atoms with Crippen molar-refractivity contribution < 1.29 is 64.6 Å². The minimum absolute atomic E-state index is 0.0115. The lowest BCUT2D eigenvalue weighted by atomic mass is 9.98. The molecule has 39 heavy (non-hydrogen) atoms. The number of rotatable bonds is 9. The van der Waals surface area contributed by atoms with E-state index in [1.807, 2.05) is 0 Å². The summed E-state index contributed by atoms with van der Waals surface area (Å²) in [5.74, 6) is -0.810. The van der Waals surface area contributed by atoms with Crippen molar-refractivity contribution in [2.75, 3.05) is 19.8 Å². The van der Waals surface area contributed by atoms with E-state index in [0.717, 1.165) is 6.07 Å². The molecule has 2 saturated heterocycles. The van der Waals surface area contributed by atoms with Crippen LogP contribution in [0.4, 0.5) is 0 Å². The molecule has 0 bridgehead atoms. The first-order valence-electron chi connectivity index (χ1n) is 12.0. The molecule has 2 aliphatic rings. The minimum Gasteiger partial charge on any atom is -0.508 e. The number of phenols is 2. The van der Waals surface area contributed by atoms with E-state index in [1.165, 1.54) is 36.4 Å². The summed E-state index contributed by atoms with van der Waals surface area (Å²) in [5.41, 5.74) is -1.39. The molecule has 0 aliphatic carbocycles. The molecule has 0 radical (unpaired) electrons. The highest BCUT2D eigenvalue weighted by molar-refractivity contribution is 6.08. The molecule has 2 aliphatic heterocycles. The topological polar surface area (TPSA) is 216 Å². The summed E-state index contributed by atoms with van der Waals surface area (Å²) >= 11 is 0. The van der Waals surface area contributed by atoms with Crippen molar-refractivity contribution >= 4 is 11.9 Å². The van der Waals surface area contributed by atoms with Gasteiger partial charge in [-0.15, -0.1) is 0 Å². The summed E-state index contributed by atoms with van der Waals surface area (Å²) in [6, 6.07) is 9.84. The third kappa shape index (κ3) is 6.22. The van der Waals surface area contributed by atoms with Crippen molar-refractivity contribution in [3.63, 3.8) is 0 Å². The van der Waals surface area contributed by atoms with E-state index in [1.54, 1.807) is 12.1 Å². The molecular weight excluding hydrogens is 520 g/mol. The molecule has 2 heterocycles. The van der Waals surface area contributed by atoms with Gasteiger partial charge in [0.1, 0.15) is 47.3 Å². The van der Waals surface area contributed by atoms with Gasteiger partial charge in [0, 0.05) is 6.07 Å². The summed E-state index contributed by atoms with van der Waals surface area (Å²) in [6.45, 7) is -1.91. The Balaban J connectivity index is 1.46. The van der Waals surface area contributed by atoms with Gasteiger partial charge >= 0.3 is 0 Å². The van der Waals surface area contributed by atoms with Gasteiger partial charge in [-0.1, -0.05) is 18.2 Å². The SMILES string of the molecule is O=C(C=Cc1ccc(O[C@@H]2O[C@H](CO)[C@@H](O)[C@H](O)[C@H]2O[C@@H]2OC[C@](O)(CO)[C@H]2O)cc1)c1ccc(O)cc1O. The Morgan fingerprint density at radius 1 is 1.03 bits per heavy atom. The lowest BCUT2D eigenvalue weighted by Gasteiger charge is -2.42. The lowest BCUT2D eigenvalue weighted by molar-refractivity contribution is -0.318. The Labute approximate surface area is 222 Å². The summed E-state index contributed by atoms with van der Waals surface area (Å²) in [7, 11) is 0. The predicted molar refractivity (Wildman–Crippen MR) is 131 cm³/mol. The second-order valence-corrected chi connectivity index (χ2v) is 9.28. The van der Waals surface area contributed by atoms with E-state index in [4.69, 9.17) is 18.9 Å². The average Bonchev–Trinajstić information content (AvgIpc) is 3.21. The third-order valence-electron chi connectivity index (χ3n) is 6.50. The first-order chi connectivity index (χ1) is 18.6. The lowest BCUT2D eigenvalue weighted by Crippen LogP contribution is -2.62. The molecule has 13 heteroatoms. The number of aliphatic hydroxyl groups excluding tert-OH is 5. The summed E-state index contributed by atoms with van der Waals surface area (Å²) in [5, 5.41) is 79.6. The van der Waals surface area contributed by atoms with Gasteiger partial charge in [-0.3, -0.25) is 4.79 Å². The Kier molecular flexibility index (Phi) is 8.86. The number of ketones is 1. The molecule has 0 aromatic heterocycles. The quantitative estimate of drug-likeness (QED) is 0.134. The molecule has 2 aromatic rings. The Bertz CT molecular complexity index is 1170. The maximum Gasteiger partial charge on any atom is 0.229 e. The number of aromatic hydroxyl groups is 2. The van der Waals surface area contributed by atoms with Crippen LogP contribution in [0.25, 0.3) is 6.08 Å². The monoisotopic (exact) mass is 550 g/mol. The number of ether oxygens (including phenoxy) is 4. The van der Waals surface area contributed by atoms with Crippen LogP contribution in [0.15, 0.2) is 48.5 Å². The van der Waals surface area contributed by atoms with Crippen LogP contribution in [-0.2, 0) is 14.2 Å². The van der Waals surface area contributed by atoms with Crippen molar-refractivity contribution in [2.24, 2.45) is 0 Å². The second-order valence-electron chi connectivity index (χ2n) is 9.28. The fourth-order valence-corrected chi connectivity index (χ4v) is 4.14. The van der Waals surface area contributed by atoms with Crippen molar-refractivity contribution in [1.29, 1.82) is 0 Å². The van der Waals surface area contributed by atoms with Crippen LogP contribution in [0.1, 0.15) is 15.9 Å². The average molecular weight is 551 g/mol. The second kappa shape index (κ2) is 12.0. The Morgan fingerprint density at radius 3 is 2.36 bits per heavy atom. The number of allylic oxidation sites excluding steroid dienone is 1. The predicted octanol–water partition coefficient (Wildman–Crippen LogP) is -1.36. The number of carbonyl (C=O) groups excluding carboxylic acids is 1. The number of hydrogen-bond donors (Lipinski definition) is 8. The van der Waals surface area contributed by atoms with E-state index in [-0.39, 0.29) is 22.8 Å². The largest absolute Gasteiger partial charge is 0.508 e. The van der Waals surface area contributed by atoms with Crippen LogP contribution >= 0.6 is 0 Å². The van der Waals surface area contributed by atoms with Crippen molar-refractivity contribution in [1.82, 2.24) is 0 Å². The van der Waals surface area contributed by atoms with Crippen LogP contribution in [-0.4, -0.2) is 115 Å². The molecular formula is C26H30O13. The normalized spacial score (nSPS) is 32.9. The standard InChI is InChI=1S/C26H30O13/c27-10-19-20(32)21(33)22(39-25-23(34)26(35,11-28)12-36-25)24(38-19)37-15-5-1-13(2-6-15)3-8-17(30)16-7-4-14(29)9-18(16)31/h1-9,19-25,27-29,31-35H,10-12H2/t19-,20-,21+,22-,23+,24-,25+,26-/m1/s1. The molecule has 8 N–H and O–H groups in total. The minimum atomic E-state index is -1.99. The molecule has 13 nitrogen and oxygen atoms in total. The molecule has 212 valence electrons. The smallest absolute Gasteiger partial charge is 0.229 e. The van der Waals surface area contributed by atoms with Crippen LogP contribution in [0.5, 0.6) is 17.2 Å². The van der Waals surface area contributed by atoms with Crippen molar-refractivity contribution in [2.45, 2.75) is 48.7 Å². The number of aliphatic hydroxyl groups is 6. The third-order valence-corrected chi connectivity index (χ3v) is 6.50. The maximum absolute atomic E-state index is 12.4. The van der Waals surface area contributed by atoms with E-state index in [0.29, 0.717) is 5.56 Å². The number of benzene rings is 2. The van der Waals surface area contributed by atoms with Gasteiger partial charge in [-0.2, -0.15) is 0 Å². The first kappa shape index (κ1) is 28.9. The van der Waals surface area contributed by atoms with Crippen LogP contribution in [0.3, 0.4) is 0 Å². The van der Waals surface area contributed by atoms with Crippen molar-refractivity contribution in [3.05, 3.63) is 59.7 Å². The van der Waals surface area contributed by atoms with E-state index >= 15 is 0 Å². The van der Waals surface area contributed by atoms with Gasteiger partial charge < -0.3 is 59.8 Å². The maximum atomic E-state index is 12.4.